The van der Waals surface area contributed by atoms with Crippen molar-refractivity contribution in [3.8, 4) is 11.1 Å². The average Bonchev–Trinajstić information content (AvgIpc) is 3.44. The molecule has 178 valence electrons. The quantitative estimate of drug-likeness (QED) is 0.415. The molecule has 0 atom stereocenters. The first kappa shape index (κ1) is 21.9. The van der Waals surface area contributed by atoms with E-state index in [1.54, 1.807) is 12.4 Å². The normalized spacial score (nSPS) is 16.2. The maximum atomic E-state index is 13.5. The molecule has 2 aliphatic heterocycles. The second-order valence-electron chi connectivity index (χ2n) is 9.17. The number of hydrogen-bond donors (Lipinski definition) is 0. The van der Waals surface area contributed by atoms with Gasteiger partial charge < -0.3 is 14.2 Å². The minimum absolute atomic E-state index is 0.100. The van der Waals surface area contributed by atoms with Gasteiger partial charge >= 0.3 is 0 Å². The number of ether oxygens (including phenoxy) is 1. The van der Waals surface area contributed by atoms with Crippen molar-refractivity contribution in [3.63, 3.8) is 0 Å². The fourth-order valence-corrected chi connectivity index (χ4v) is 5.24. The van der Waals surface area contributed by atoms with Crippen molar-refractivity contribution < 1.29 is 9.53 Å². The zero-order valence-corrected chi connectivity index (χ0v) is 19.8. The van der Waals surface area contributed by atoms with E-state index in [2.05, 4.69) is 38.7 Å². The van der Waals surface area contributed by atoms with Gasteiger partial charge in [0.1, 0.15) is 5.82 Å². The van der Waals surface area contributed by atoms with E-state index in [1.807, 2.05) is 35.2 Å². The Morgan fingerprint density at radius 3 is 2.57 bits per heavy atom. The third-order valence-corrected chi connectivity index (χ3v) is 7.09. The number of benzene rings is 2. The average molecular weight is 468 g/mol. The second-order valence-corrected chi connectivity index (χ2v) is 9.17. The zero-order valence-electron chi connectivity index (χ0n) is 19.8. The number of para-hydroxylation sites is 2. The summed E-state index contributed by atoms with van der Waals surface area (Å²) in [6.07, 6.45) is 4.27. The number of carbonyl (C=O) groups excluding carboxylic acids is 1. The van der Waals surface area contributed by atoms with Gasteiger partial charge in [-0.2, -0.15) is 0 Å². The molecule has 0 radical (unpaired) electrons. The van der Waals surface area contributed by atoms with Gasteiger partial charge in [-0.1, -0.05) is 30.3 Å². The SMILES string of the molecule is O=C1c2c(cccc2-c2ccncc2)CN1CCc1nc2ccccc2n1CCN1CCOCC1. The van der Waals surface area contributed by atoms with Crippen LogP contribution < -0.4 is 0 Å². The minimum atomic E-state index is 0.100. The lowest BCUT2D eigenvalue weighted by Gasteiger charge is -2.27. The number of pyridine rings is 1. The van der Waals surface area contributed by atoms with Crippen LogP contribution in [0.3, 0.4) is 0 Å². The fraction of sp³-hybridized carbons (Fsp3) is 0.321. The summed E-state index contributed by atoms with van der Waals surface area (Å²) in [5.74, 6) is 1.14. The Bertz CT molecular complexity index is 1340. The lowest BCUT2D eigenvalue weighted by Crippen LogP contribution is -2.38. The van der Waals surface area contributed by atoms with Crippen molar-refractivity contribution >= 4 is 16.9 Å². The lowest BCUT2D eigenvalue weighted by atomic mass is 9.97. The first-order chi connectivity index (χ1) is 17.3. The van der Waals surface area contributed by atoms with Crippen molar-refractivity contribution in [1.29, 1.82) is 0 Å². The highest BCUT2D eigenvalue weighted by Gasteiger charge is 2.30. The highest BCUT2D eigenvalue weighted by Crippen LogP contribution is 2.32. The Balaban J connectivity index is 1.21. The number of imidazole rings is 1. The molecule has 7 heteroatoms. The molecular formula is C28H29N5O2. The van der Waals surface area contributed by atoms with Gasteiger partial charge in [-0.15, -0.1) is 0 Å². The lowest BCUT2D eigenvalue weighted by molar-refractivity contribution is 0.0364. The van der Waals surface area contributed by atoms with E-state index in [0.29, 0.717) is 13.1 Å². The number of nitrogens with zero attached hydrogens (tertiary/aromatic N) is 5. The molecule has 1 amide bonds. The maximum absolute atomic E-state index is 13.5. The van der Waals surface area contributed by atoms with Crippen molar-refractivity contribution in [1.82, 2.24) is 24.3 Å². The molecule has 2 aliphatic rings. The molecular weight excluding hydrogens is 438 g/mol. The Morgan fingerprint density at radius 1 is 0.886 bits per heavy atom. The number of morpholine rings is 1. The zero-order chi connectivity index (χ0) is 23.6. The highest BCUT2D eigenvalue weighted by molar-refractivity contribution is 6.04. The Morgan fingerprint density at radius 2 is 1.71 bits per heavy atom. The van der Waals surface area contributed by atoms with Crippen molar-refractivity contribution in [2.24, 2.45) is 0 Å². The number of carbonyl (C=O) groups is 1. The minimum Gasteiger partial charge on any atom is -0.379 e. The third kappa shape index (κ3) is 4.33. The molecule has 2 aromatic heterocycles. The van der Waals surface area contributed by atoms with E-state index in [-0.39, 0.29) is 5.91 Å². The Kier molecular flexibility index (Phi) is 6.02. The van der Waals surface area contributed by atoms with Crippen molar-refractivity contribution in [3.05, 3.63) is 83.9 Å². The molecule has 0 aliphatic carbocycles. The summed E-state index contributed by atoms with van der Waals surface area (Å²) in [7, 11) is 0. The van der Waals surface area contributed by atoms with Crippen LogP contribution in [0.25, 0.3) is 22.2 Å². The molecule has 1 saturated heterocycles. The maximum Gasteiger partial charge on any atom is 0.255 e. The number of aromatic nitrogens is 3. The van der Waals surface area contributed by atoms with Crippen molar-refractivity contribution in [2.75, 3.05) is 39.4 Å². The summed E-state index contributed by atoms with van der Waals surface area (Å²) < 4.78 is 7.83. The van der Waals surface area contributed by atoms with Crippen molar-refractivity contribution in [2.45, 2.75) is 19.5 Å². The Labute approximate surface area is 205 Å². The molecule has 7 nitrogen and oxygen atoms in total. The second kappa shape index (κ2) is 9.60. The van der Waals surface area contributed by atoms with Crippen LogP contribution in [0.15, 0.2) is 67.0 Å². The number of hydrogen-bond acceptors (Lipinski definition) is 5. The van der Waals surface area contributed by atoms with E-state index < -0.39 is 0 Å². The van der Waals surface area contributed by atoms with Gasteiger partial charge in [0.25, 0.3) is 5.91 Å². The van der Waals surface area contributed by atoms with Crippen LogP contribution in [0, 0.1) is 0 Å². The molecule has 0 spiro atoms. The standard InChI is InChI=1S/C28H29N5O2/c34-28-27-22(4-3-5-23(27)21-8-11-29-12-9-21)20-32(28)13-10-26-30-24-6-1-2-7-25(24)33(26)15-14-31-16-18-35-19-17-31/h1-9,11-12H,10,13-20H2. The van der Waals surface area contributed by atoms with Crippen LogP contribution in [0.5, 0.6) is 0 Å². The molecule has 6 rings (SSSR count). The van der Waals surface area contributed by atoms with Gasteiger partial charge in [-0.3, -0.25) is 14.7 Å². The summed E-state index contributed by atoms with van der Waals surface area (Å²) in [6.45, 7) is 6.69. The van der Waals surface area contributed by atoms with Gasteiger partial charge in [0.15, 0.2) is 0 Å². The fourth-order valence-electron chi connectivity index (χ4n) is 5.24. The predicted molar refractivity (Wildman–Crippen MR) is 135 cm³/mol. The molecule has 0 N–H and O–H groups in total. The topological polar surface area (TPSA) is 63.5 Å². The summed E-state index contributed by atoms with van der Waals surface area (Å²) in [4.78, 5) is 26.9. The molecule has 4 aromatic rings. The van der Waals surface area contributed by atoms with E-state index in [4.69, 9.17) is 9.72 Å². The first-order valence-corrected chi connectivity index (χ1v) is 12.3. The molecule has 4 heterocycles. The van der Waals surface area contributed by atoms with E-state index in [9.17, 15) is 4.79 Å². The van der Waals surface area contributed by atoms with E-state index in [1.165, 1.54) is 0 Å². The van der Waals surface area contributed by atoms with E-state index >= 15 is 0 Å². The smallest absolute Gasteiger partial charge is 0.255 e. The number of fused-ring (bicyclic) bond motifs is 2. The summed E-state index contributed by atoms with van der Waals surface area (Å²) in [6, 6.07) is 18.4. The van der Waals surface area contributed by atoms with Crippen LogP contribution >= 0.6 is 0 Å². The van der Waals surface area contributed by atoms with Gasteiger partial charge in [0, 0.05) is 58.1 Å². The van der Waals surface area contributed by atoms with E-state index in [0.717, 1.165) is 84.9 Å². The van der Waals surface area contributed by atoms with Gasteiger partial charge in [-0.05, 0) is 41.0 Å². The molecule has 1 fully saturated rings. The summed E-state index contributed by atoms with van der Waals surface area (Å²) in [5.41, 5.74) is 6.09. The highest BCUT2D eigenvalue weighted by atomic mass is 16.5. The first-order valence-electron chi connectivity index (χ1n) is 12.3. The Hall–Kier alpha value is -3.55. The molecule has 0 unspecified atom stereocenters. The van der Waals surface area contributed by atoms with Gasteiger partial charge in [-0.25, -0.2) is 4.98 Å². The molecule has 35 heavy (non-hydrogen) atoms. The predicted octanol–water partition coefficient (Wildman–Crippen LogP) is 3.63. The summed E-state index contributed by atoms with van der Waals surface area (Å²) >= 11 is 0. The largest absolute Gasteiger partial charge is 0.379 e. The van der Waals surface area contributed by atoms with Gasteiger partial charge in [0.2, 0.25) is 0 Å². The van der Waals surface area contributed by atoms with Crippen LogP contribution in [-0.4, -0.2) is 69.6 Å². The molecule has 0 saturated carbocycles. The third-order valence-electron chi connectivity index (χ3n) is 7.09. The number of rotatable bonds is 7. The van der Waals surface area contributed by atoms with Gasteiger partial charge in [0.05, 0.1) is 29.8 Å². The van der Waals surface area contributed by atoms with Crippen LogP contribution in [0.1, 0.15) is 21.7 Å². The monoisotopic (exact) mass is 467 g/mol. The van der Waals surface area contributed by atoms with Crippen LogP contribution in [0.4, 0.5) is 0 Å². The summed E-state index contributed by atoms with van der Waals surface area (Å²) in [5, 5.41) is 0. The van der Waals surface area contributed by atoms with Crippen LogP contribution in [0.2, 0.25) is 0 Å². The molecule has 2 aromatic carbocycles. The number of amides is 1. The molecule has 0 bridgehead atoms. The van der Waals surface area contributed by atoms with Crippen LogP contribution in [-0.2, 0) is 24.2 Å².